The monoisotopic (exact) mass is 293 g/mol. The Kier molecular flexibility index (Phi) is 3.89. The van der Waals surface area contributed by atoms with E-state index in [1.165, 1.54) is 0 Å². The highest BCUT2D eigenvalue weighted by atomic mass is 35.5. The van der Waals surface area contributed by atoms with Crippen LogP contribution in [0.1, 0.15) is 0 Å². The van der Waals surface area contributed by atoms with E-state index < -0.39 is 29.2 Å². The summed E-state index contributed by atoms with van der Waals surface area (Å²) >= 11 is 5.43. The molecule has 0 radical (unpaired) electrons. The molecule has 0 spiro atoms. The van der Waals surface area contributed by atoms with Gasteiger partial charge in [-0.2, -0.15) is 26.3 Å². The minimum absolute atomic E-state index is 0.0860. The van der Waals surface area contributed by atoms with Crippen molar-refractivity contribution in [2.24, 2.45) is 0 Å². The second-order valence-corrected chi connectivity index (χ2v) is 3.68. The van der Waals surface area contributed by atoms with Gasteiger partial charge in [-0.25, -0.2) is 0 Å². The average Bonchev–Trinajstić information content (AvgIpc) is 2.12. The molecule has 1 rings (SSSR count). The van der Waals surface area contributed by atoms with E-state index in [1.807, 2.05) is 0 Å². The molecule has 0 amide bonds. The van der Waals surface area contributed by atoms with Crippen LogP contribution in [0.2, 0.25) is 5.02 Å². The second-order valence-electron chi connectivity index (χ2n) is 3.27. The van der Waals surface area contributed by atoms with Crippen LogP contribution in [0.5, 0.6) is 5.75 Å². The van der Waals surface area contributed by atoms with Crippen molar-refractivity contribution in [1.82, 2.24) is 0 Å². The van der Waals surface area contributed by atoms with Gasteiger partial charge < -0.3 is 10.5 Å². The highest BCUT2D eigenvalue weighted by molar-refractivity contribution is 6.32. The van der Waals surface area contributed by atoms with Crippen molar-refractivity contribution in [2.45, 2.75) is 18.5 Å². The molecule has 0 atom stereocenters. The van der Waals surface area contributed by atoms with Crippen LogP contribution in [-0.4, -0.2) is 18.5 Å². The van der Waals surface area contributed by atoms with Crippen molar-refractivity contribution in [3.63, 3.8) is 0 Å². The third-order valence-corrected chi connectivity index (χ3v) is 2.09. The van der Waals surface area contributed by atoms with E-state index in [0.717, 1.165) is 18.2 Å². The molecule has 0 fully saturated rings. The van der Waals surface area contributed by atoms with Crippen LogP contribution in [0, 0.1) is 0 Å². The zero-order valence-electron chi connectivity index (χ0n) is 8.44. The molecule has 18 heavy (non-hydrogen) atoms. The van der Waals surface area contributed by atoms with Crippen molar-refractivity contribution in [2.75, 3.05) is 5.73 Å². The van der Waals surface area contributed by atoms with Gasteiger partial charge in [-0.3, -0.25) is 0 Å². The van der Waals surface area contributed by atoms with E-state index in [2.05, 4.69) is 4.74 Å². The van der Waals surface area contributed by atoms with E-state index >= 15 is 0 Å². The summed E-state index contributed by atoms with van der Waals surface area (Å²) in [5, 5.41) is -0.437. The molecule has 0 heterocycles. The second kappa shape index (κ2) is 4.75. The predicted octanol–water partition coefficient (Wildman–Crippen LogP) is 3.79. The Labute approximate surface area is 102 Å². The van der Waals surface area contributed by atoms with Gasteiger partial charge in [0.05, 0.1) is 5.02 Å². The van der Waals surface area contributed by atoms with Crippen molar-refractivity contribution < 1.29 is 31.1 Å². The maximum atomic E-state index is 12.2. The summed E-state index contributed by atoms with van der Waals surface area (Å²) < 4.78 is 77.1. The van der Waals surface area contributed by atoms with Crippen molar-refractivity contribution in [1.29, 1.82) is 0 Å². The number of hydrogen-bond donors (Lipinski definition) is 1. The first-order valence-corrected chi connectivity index (χ1v) is 4.74. The Morgan fingerprint density at radius 3 is 1.94 bits per heavy atom. The van der Waals surface area contributed by atoms with E-state index in [-0.39, 0.29) is 5.69 Å². The molecular formula is C9H6ClF6NO. The maximum Gasteiger partial charge on any atom is 0.434 e. The van der Waals surface area contributed by atoms with Crippen LogP contribution in [0.25, 0.3) is 0 Å². The fraction of sp³-hybridized carbons (Fsp3) is 0.333. The summed E-state index contributed by atoms with van der Waals surface area (Å²) in [5.41, 5.74) is 5.33. The highest BCUT2D eigenvalue weighted by Crippen LogP contribution is 2.38. The van der Waals surface area contributed by atoms with Gasteiger partial charge >= 0.3 is 12.4 Å². The van der Waals surface area contributed by atoms with Crippen molar-refractivity contribution in [3.8, 4) is 5.75 Å². The van der Waals surface area contributed by atoms with Gasteiger partial charge in [0.2, 0.25) is 0 Å². The SMILES string of the molecule is Nc1ccc(OC(C(F)(F)F)C(F)(F)F)c(Cl)c1. The lowest BCUT2D eigenvalue weighted by Gasteiger charge is -2.24. The summed E-state index contributed by atoms with van der Waals surface area (Å²) in [7, 11) is 0. The molecule has 0 aliphatic carbocycles. The normalized spacial score (nSPS) is 12.9. The zero-order valence-corrected chi connectivity index (χ0v) is 9.20. The van der Waals surface area contributed by atoms with Crippen LogP contribution in [0.15, 0.2) is 18.2 Å². The fourth-order valence-electron chi connectivity index (χ4n) is 1.06. The lowest BCUT2D eigenvalue weighted by Crippen LogP contribution is -2.46. The molecule has 0 aliphatic rings. The number of halogens is 7. The Balaban J connectivity index is 3.05. The fourth-order valence-corrected chi connectivity index (χ4v) is 1.29. The van der Waals surface area contributed by atoms with Crippen LogP contribution in [0.4, 0.5) is 32.0 Å². The van der Waals surface area contributed by atoms with Gasteiger partial charge in [0.25, 0.3) is 6.10 Å². The molecule has 1 aromatic carbocycles. The molecule has 9 heteroatoms. The minimum Gasteiger partial charge on any atom is -0.470 e. The topological polar surface area (TPSA) is 35.2 Å². The summed E-state index contributed by atoms with van der Waals surface area (Å²) in [5.74, 6) is -0.745. The molecule has 2 nitrogen and oxygen atoms in total. The standard InChI is InChI=1S/C9H6ClF6NO/c10-5-3-4(17)1-2-6(5)18-7(8(11,12)13)9(14,15)16/h1-3,7H,17H2. The first-order chi connectivity index (χ1) is 8.01. The van der Waals surface area contributed by atoms with Crippen LogP contribution in [-0.2, 0) is 0 Å². The van der Waals surface area contributed by atoms with Gasteiger partial charge in [-0.1, -0.05) is 11.6 Å². The third-order valence-electron chi connectivity index (χ3n) is 1.80. The quantitative estimate of drug-likeness (QED) is 0.665. The van der Waals surface area contributed by atoms with Gasteiger partial charge in [0.1, 0.15) is 5.75 Å². The van der Waals surface area contributed by atoms with Gasteiger partial charge in [0.15, 0.2) is 0 Å². The molecule has 1 aromatic rings. The smallest absolute Gasteiger partial charge is 0.434 e. The largest absolute Gasteiger partial charge is 0.470 e. The van der Waals surface area contributed by atoms with Crippen LogP contribution >= 0.6 is 11.6 Å². The Morgan fingerprint density at radius 2 is 1.56 bits per heavy atom. The number of alkyl halides is 6. The average molecular weight is 294 g/mol. The molecule has 0 aliphatic heterocycles. The van der Waals surface area contributed by atoms with Crippen LogP contribution < -0.4 is 10.5 Å². The third kappa shape index (κ3) is 3.59. The summed E-state index contributed by atoms with van der Waals surface area (Å²) in [6.45, 7) is 0. The van der Waals surface area contributed by atoms with Crippen molar-refractivity contribution in [3.05, 3.63) is 23.2 Å². The first-order valence-electron chi connectivity index (χ1n) is 4.37. The Morgan fingerprint density at radius 1 is 1.06 bits per heavy atom. The predicted molar refractivity (Wildman–Crippen MR) is 52.4 cm³/mol. The van der Waals surface area contributed by atoms with E-state index in [1.54, 1.807) is 0 Å². The maximum absolute atomic E-state index is 12.2. The molecule has 0 bridgehead atoms. The minimum atomic E-state index is -5.59. The molecule has 0 aromatic heterocycles. The first kappa shape index (κ1) is 14.7. The number of benzene rings is 1. The Hall–Kier alpha value is -1.31. The van der Waals surface area contributed by atoms with E-state index in [0.29, 0.717) is 0 Å². The van der Waals surface area contributed by atoms with Gasteiger partial charge in [-0.05, 0) is 18.2 Å². The number of nitrogens with two attached hydrogens (primary N) is 1. The van der Waals surface area contributed by atoms with Crippen LogP contribution in [0.3, 0.4) is 0 Å². The zero-order chi connectivity index (χ0) is 14.1. The molecule has 0 saturated carbocycles. The number of ether oxygens (including phenoxy) is 1. The summed E-state index contributed by atoms with van der Waals surface area (Å²) in [6.07, 6.45) is -15.1. The Bertz CT molecular complexity index is 416. The summed E-state index contributed by atoms with van der Waals surface area (Å²) in [6, 6.07) is 2.90. The summed E-state index contributed by atoms with van der Waals surface area (Å²) in [4.78, 5) is 0. The lowest BCUT2D eigenvalue weighted by atomic mass is 10.3. The molecule has 102 valence electrons. The van der Waals surface area contributed by atoms with E-state index in [4.69, 9.17) is 17.3 Å². The number of rotatable bonds is 2. The van der Waals surface area contributed by atoms with Crippen molar-refractivity contribution >= 4 is 17.3 Å². The lowest BCUT2D eigenvalue weighted by molar-refractivity contribution is -0.299. The highest BCUT2D eigenvalue weighted by Gasteiger charge is 2.59. The molecule has 0 unspecified atom stereocenters. The van der Waals surface area contributed by atoms with Gasteiger partial charge in [-0.15, -0.1) is 0 Å². The molecular weight excluding hydrogens is 288 g/mol. The van der Waals surface area contributed by atoms with Gasteiger partial charge in [0, 0.05) is 5.69 Å². The molecule has 2 N–H and O–H groups in total. The molecule has 0 saturated heterocycles. The van der Waals surface area contributed by atoms with E-state index in [9.17, 15) is 26.3 Å². The number of anilines is 1. The number of hydrogen-bond acceptors (Lipinski definition) is 2. The number of nitrogen functional groups attached to an aromatic ring is 1.